The number of hydrogen-bond acceptors (Lipinski definition) is 2. The number of rotatable bonds is 9. The third kappa shape index (κ3) is 5.82. The first-order valence-corrected chi connectivity index (χ1v) is 8.75. The van der Waals surface area contributed by atoms with E-state index >= 15 is 0 Å². The maximum absolute atomic E-state index is 12.4. The molecule has 1 heterocycles. The van der Waals surface area contributed by atoms with E-state index in [1.165, 1.54) is 44.9 Å². The van der Waals surface area contributed by atoms with Crippen molar-refractivity contribution in [1.82, 2.24) is 10.2 Å². The van der Waals surface area contributed by atoms with Gasteiger partial charge in [-0.25, -0.2) is 0 Å². The van der Waals surface area contributed by atoms with Crippen LogP contribution in [0.4, 0.5) is 0 Å². The second-order valence-electron chi connectivity index (χ2n) is 6.11. The van der Waals surface area contributed by atoms with E-state index in [-0.39, 0.29) is 6.04 Å². The maximum atomic E-state index is 12.4. The zero-order valence-corrected chi connectivity index (χ0v) is 13.8. The molecule has 0 aromatic carbocycles. The number of piperidine rings is 1. The van der Waals surface area contributed by atoms with E-state index in [4.69, 9.17) is 0 Å². The van der Waals surface area contributed by atoms with Gasteiger partial charge in [0, 0.05) is 13.1 Å². The molecular formula is C17H34N2O. The summed E-state index contributed by atoms with van der Waals surface area (Å²) in [5, 5.41) is 3.42. The van der Waals surface area contributed by atoms with E-state index in [1.54, 1.807) is 0 Å². The first-order valence-electron chi connectivity index (χ1n) is 8.75. The molecule has 3 heteroatoms. The van der Waals surface area contributed by atoms with Crippen molar-refractivity contribution in [2.45, 2.75) is 78.2 Å². The Morgan fingerprint density at radius 1 is 1.10 bits per heavy atom. The molecular weight excluding hydrogens is 248 g/mol. The van der Waals surface area contributed by atoms with Crippen LogP contribution in [0.15, 0.2) is 0 Å². The van der Waals surface area contributed by atoms with Crippen LogP contribution in [0.5, 0.6) is 0 Å². The van der Waals surface area contributed by atoms with E-state index < -0.39 is 0 Å². The van der Waals surface area contributed by atoms with Crippen molar-refractivity contribution in [1.29, 1.82) is 0 Å². The lowest BCUT2D eigenvalue weighted by Crippen LogP contribution is -2.50. The van der Waals surface area contributed by atoms with Crippen LogP contribution in [0.2, 0.25) is 0 Å². The molecule has 0 saturated carbocycles. The summed E-state index contributed by atoms with van der Waals surface area (Å²) in [5.41, 5.74) is 0. The first kappa shape index (κ1) is 17.5. The minimum Gasteiger partial charge on any atom is -0.342 e. The highest BCUT2D eigenvalue weighted by atomic mass is 16.2. The summed E-state index contributed by atoms with van der Waals surface area (Å²) in [5.74, 6) is 1.06. The van der Waals surface area contributed by atoms with Gasteiger partial charge in [0.15, 0.2) is 0 Å². The van der Waals surface area contributed by atoms with Gasteiger partial charge in [-0.15, -0.1) is 0 Å². The van der Waals surface area contributed by atoms with Gasteiger partial charge in [0.25, 0.3) is 0 Å². The predicted molar refractivity (Wildman–Crippen MR) is 85.8 cm³/mol. The second kappa shape index (κ2) is 10.2. The first-order chi connectivity index (χ1) is 9.72. The van der Waals surface area contributed by atoms with Crippen molar-refractivity contribution in [2.75, 3.05) is 19.6 Å². The summed E-state index contributed by atoms with van der Waals surface area (Å²) in [6, 6.07) is 0.0734. The Labute approximate surface area is 125 Å². The van der Waals surface area contributed by atoms with Gasteiger partial charge in [0.05, 0.1) is 6.04 Å². The molecule has 1 aliphatic rings. The molecule has 0 aromatic rings. The number of carbonyl (C=O) groups excluding carboxylic acids is 1. The van der Waals surface area contributed by atoms with Gasteiger partial charge >= 0.3 is 0 Å². The van der Waals surface area contributed by atoms with Crippen LogP contribution in [0.3, 0.4) is 0 Å². The average molecular weight is 282 g/mol. The van der Waals surface area contributed by atoms with Crippen molar-refractivity contribution in [3.05, 3.63) is 0 Å². The molecule has 0 aromatic heterocycles. The molecule has 0 spiro atoms. The maximum Gasteiger partial charge on any atom is 0.239 e. The highest BCUT2D eigenvalue weighted by Crippen LogP contribution is 2.23. The van der Waals surface area contributed by atoms with Crippen molar-refractivity contribution in [3.8, 4) is 0 Å². The molecule has 0 aliphatic carbocycles. The van der Waals surface area contributed by atoms with Gasteiger partial charge in [0.1, 0.15) is 0 Å². The van der Waals surface area contributed by atoms with Crippen molar-refractivity contribution in [2.24, 2.45) is 5.92 Å². The minimum absolute atomic E-state index is 0.0734. The van der Waals surface area contributed by atoms with Gasteiger partial charge in [-0.3, -0.25) is 4.79 Å². The van der Waals surface area contributed by atoms with Crippen LogP contribution in [0.25, 0.3) is 0 Å². The summed E-state index contributed by atoms with van der Waals surface area (Å²) in [6.07, 6.45) is 10.4. The quantitative estimate of drug-likeness (QED) is 0.656. The number of carbonyl (C=O) groups is 1. The van der Waals surface area contributed by atoms with Crippen molar-refractivity contribution in [3.63, 3.8) is 0 Å². The number of nitrogens with zero attached hydrogens (tertiary/aromatic N) is 1. The lowest BCUT2D eigenvalue weighted by molar-refractivity contribution is -0.134. The fourth-order valence-corrected chi connectivity index (χ4v) is 3.24. The number of unbranched alkanes of at least 4 members (excludes halogenated alkanes) is 4. The van der Waals surface area contributed by atoms with Crippen LogP contribution >= 0.6 is 0 Å². The molecule has 3 nitrogen and oxygen atoms in total. The normalized spacial score (nSPS) is 22.8. The summed E-state index contributed by atoms with van der Waals surface area (Å²) >= 11 is 0. The molecule has 1 N–H and O–H groups in total. The zero-order chi connectivity index (χ0) is 14.8. The zero-order valence-electron chi connectivity index (χ0n) is 13.8. The second-order valence-corrected chi connectivity index (χ2v) is 6.11. The van der Waals surface area contributed by atoms with Gasteiger partial charge in [-0.05, 0) is 39.2 Å². The Morgan fingerprint density at radius 2 is 1.80 bits per heavy atom. The van der Waals surface area contributed by atoms with Crippen LogP contribution in [-0.2, 0) is 4.79 Å². The molecule has 0 radical (unpaired) electrons. The van der Waals surface area contributed by atoms with Crippen LogP contribution in [-0.4, -0.2) is 36.5 Å². The predicted octanol–water partition coefficient (Wildman–Crippen LogP) is 3.58. The summed E-state index contributed by atoms with van der Waals surface area (Å²) in [7, 11) is 0. The highest BCUT2D eigenvalue weighted by molar-refractivity contribution is 5.82. The van der Waals surface area contributed by atoms with E-state index in [0.717, 1.165) is 32.0 Å². The number of likely N-dealkylation sites (N-methyl/N-ethyl adjacent to an activating group) is 1. The van der Waals surface area contributed by atoms with Crippen LogP contribution < -0.4 is 5.32 Å². The van der Waals surface area contributed by atoms with Crippen LogP contribution in [0, 0.1) is 5.92 Å². The molecule has 20 heavy (non-hydrogen) atoms. The van der Waals surface area contributed by atoms with E-state index in [1.807, 2.05) is 4.90 Å². The number of amides is 1. The Hall–Kier alpha value is -0.570. The van der Waals surface area contributed by atoms with Crippen molar-refractivity contribution >= 4 is 5.91 Å². The highest BCUT2D eigenvalue weighted by Gasteiger charge is 2.28. The minimum atomic E-state index is 0.0734. The standard InChI is InChI=1S/C17H34N2O/c1-4-7-8-9-10-11-15-12-13-18-16(14-15)17(20)19(5-2)6-3/h15-16,18H,4-14H2,1-3H3. The average Bonchev–Trinajstić information content (AvgIpc) is 2.48. The molecule has 0 bridgehead atoms. The van der Waals surface area contributed by atoms with Gasteiger partial charge in [-0.1, -0.05) is 45.4 Å². The molecule has 2 atom stereocenters. The van der Waals surface area contributed by atoms with Crippen LogP contribution in [0.1, 0.15) is 72.1 Å². The molecule has 2 unspecified atom stereocenters. The lowest BCUT2D eigenvalue weighted by Gasteiger charge is -2.33. The molecule has 1 saturated heterocycles. The SMILES string of the molecule is CCCCCCCC1CCNC(C(=O)N(CC)CC)C1. The molecule has 118 valence electrons. The molecule has 1 amide bonds. The van der Waals surface area contributed by atoms with E-state index in [2.05, 4.69) is 26.1 Å². The van der Waals surface area contributed by atoms with E-state index in [9.17, 15) is 4.79 Å². The third-order valence-electron chi connectivity index (χ3n) is 4.60. The summed E-state index contributed by atoms with van der Waals surface area (Å²) in [4.78, 5) is 14.3. The summed E-state index contributed by atoms with van der Waals surface area (Å²) in [6.45, 7) is 9.06. The molecule has 1 aliphatic heterocycles. The Kier molecular flexibility index (Phi) is 8.92. The number of nitrogens with one attached hydrogen (secondary N) is 1. The van der Waals surface area contributed by atoms with E-state index in [0.29, 0.717) is 5.91 Å². The third-order valence-corrected chi connectivity index (χ3v) is 4.60. The van der Waals surface area contributed by atoms with Gasteiger partial charge in [-0.2, -0.15) is 0 Å². The van der Waals surface area contributed by atoms with Gasteiger partial charge < -0.3 is 10.2 Å². The van der Waals surface area contributed by atoms with Gasteiger partial charge in [0.2, 0.25) is 5.91 Å². The summed E-state index contributed by atoms with van der Waals surface area (Å²) < 4.78 is 0. The monoisotopic (exact) mass is 282 g/mol. The largest absolute Gasteiger partial charge is 0.342 e. The topological polar surface area (TPSA) is 32.3 Å². The Balaban J connectivity index is 2.29. The smallest absolute Gasteiger partial charge is 0.239 e. The number of hydrogen-bond donors (Lipinski definition) is 1. The Morgan fingerprint density at radius 3 is 2.45 bits per heavy atom. The van der Waals surface area contributed by atoms with Crippen molar-refractivity contribution < 1.29 is 4.79 Å². The Bertz CT molecular complexity index is 264. The lowest BCUT2D eigenvalue weighted by atomic mass is 9.87. The fraction of sp³-hybridized carbons (Fsp3) is 0.941. The fourth-order valence-electron chi connectivity index (χ4n) is 3.24. The molecule has 1 fully saturated rings. The molecule has 1 rings (SSSR count).